The summed E-state index contributed by atoms with van der Waals surface area (Å²) in [6, 6.07) is 1.96. The van der Waals surface area contributed by atoms with E-state index in [0.717, 1.165) is 20.2 Å². The Kier molecular flexibility index (Phi) is 4.77. The summed E-state index contributed by atoms with van der Waals surface area (Å²) >= 11 is 6.40. The number of thiazole rings is 1. The molecular weight excluding hydrogens is 386 g/mol. The van der Waals surface area contributed by atoms with Crippen LogP contribution >= 0.6 is 39.0 Å². The van der Waals surface area contributed by atoms with E-state index in [0.29, 0.717) is 16.7 Å². The Hall–Kier alpha value is -1.42. The fourth-order valence-corrected chi connectivity index (χ4v) is 3.73. The number of nitrogens with one attached hydrogen (secondary N) is 2. The standard InChI is InChI=1S/C13H12BrN5OS2/c1-7-6-21-13(17-7)19-11-10(2-8(14)3-15-11)22-12-16-4-9(5-20)18-12/h2-4,6,20H,5H2,1H3,(H,16,18)(H,15,17,19). The Morgan fingerprint density at radius 2 is 2.27 bits per heavy atom. The van der Waals surface area contributed by atoms with Crippen molar-refractivity contribution in [1.29, 1.82) is 0 Å². The molecule has 3 aromatic heterocycles. The fraction of sp³-hybridized carbons (Fsp3) is 0.154. The lowest BCUT2D eigenvalue weighted by Crippen LogP contribution is -1.96. The number of imidazole rings is 1. The van der Waals surface area contributed by atoms with Gasteiger partial charge in [0, 0.05) is 16.0 Å². The van der Waals surface area contributed by atoms with Gasteiger partial charge in [0.05, 0.1) is 29.1 Å². The van der Waals surface area contributed by atoms with Crippen LogP contribution in [0.15, 0.2) is 38.4 Å². The van der Waals surface area contributed by atoms with Gasteiger partial charge in [-0.3, -0.25) is 0 Å². The molecule has 0 aliphatic heterocycles. The van der Waals surface area contributed by atoms with Crippen LogP contribution in [-0.2, 0) is 6.61 Å². The minimum absolute atomic E-state index is 0.0617. The second-order valence-corrected chi connectivity index (χ2v) is 7.20. The molecule has 22 heavy (non-hydrogen) atoms. The zero-order valence-corrected chi connectivity index (χ0v) is 14.7. The summed E-state index contributed by atoms with van der Waals surface area (Å²) in [5.74, 6) is 0.712. The second kappa shape index (κ2) is 6.78. The first-order chi connectivity index (χ1) is 10.6. The van der Waals surface area contributed by atoms with Gasteiger partial charge in [-0.1, -0.05) is 0 Å². The zero-order valence-electron chi connectivity index (χ0n) is 11.5. The Labute approximate surface area is 143 Å². The molecule has 0 aliphatic rings. The van der Waals surface area contributed by atoms with Gasteiger partial charge in [-0.2, -0.15) is 0 Å². The van der Waals surface area contributed by atoms with Crippen molar-refractivity contribution < 1.29 is 5.11 Å². The number of aliphatic hydroxyl groups is 1. The lowest BCUT2D eigenvalue weighted by Gasteiger charge is -2.08. The monoisotopic (exact) mass is 397 g/mol. The lowest BCUT2D eigenvalue weighted by atomic mass is 10.4. The van der Waals surface area contributed by atoms with E-state index < -0.39 is 0 Å². The van der Waals surface area contributed by atoms with Crippen LogP contribution < -0.4 is 5.32 Å². The number of nitrogens with zero attached hydrogens (tertiary/aromatic N) is 3. The van der Waals surface area contributed by atoms with Gasteiger partial charge < -0.3 is 15.4 Å². The van der Waals surface area contributed by atoms with Crippen molar-refractivity contribution in [2.45, 2.75) is 23.6 Å². The van der Waals surface area contributed by atoms with E-state index in [1.807, 2.05) is 18.4 Å². The first kappa shape index (κ1) is 15.5. The summed E-state index contributed by atoms with van der Waals surface area (Å²) in [4.78, 5) is 17.0. The number of hydrogen-bond acceptors (Lipinski definition) is 7. The smallest absolute Gasteiger partial charge is 0.188 e. The fourth-order valence-electron chi connectivity index (χ4n) is 1.68. The first-order valence-electron chi connectivity index (χ1n) is 6.31. The van der Waals surface area contributed by atoms with Crippen LogP contribution in [0, 0.1) is 6.92 Å². The molecule has 9 heteroatoms. The van der Waals surface area contributed by atoms with Gasteiger partial charge in [0.1, 0.15) is 5.82 Å². The van der Waals surface area contributed by atoms with Crippen molar-refractivity contribution in [2.75, 3.05) is 5.32 Å². The number of halogens is 1. The van der Waals surface area contributed by atoms with E-state index in [4.69, 9.17) is 5.11 Å². The summed E-state index contributed by atoms with van der Waals surface area (Å²) in [6.07, 6.45) is 3.35. The number of aryl methyl sites for hydroxylation is 1. The predicted molar refractivity (Wildman–Crippen MR) is 90.7 cm³/mol. The van der Waals surface area contributed by atoms with Crippen LogP contribution in [0.5, 0.6) is 0 Å². The van der Waals surface area contributed by atoms with Crippen LogP contribution in [0.3, 0.4) is 0 Å². The number of aliphatic hydroxyl groups excluding tert-OH is 1. The summed E-state index contributed by atoms with van der Waals surface area (Å²) in [5, 5.41) is 15.8. The summed E-state index contributed by atoms with van der Waals surface area (Å²) < 4.78 is 0.879. The van der Waals surface area contributed by atoms with Crippen LogP contribution in [0.25, 0.3) is 0 Å². The summed E-state index contributed by atoms with van der Waals surface area (Å²) in [5.41, 5.74) is 1.65. The Bertz CT molecular complexity index is 788. The molecule has 0 radical (unpaired) electrons. The molecule has 0 spiro atoms. The molecular formula is C13H12BrN5OS2. The lowest BCUT2D eigenvalue weighted by molar-refractivity contribution is 0.277. The quantitative estimate of drug-likeness (QED) is 0.607. The van der Waals surface area contributed by atoms with E-state index in [-0.39, 0.29) is 6.61 Å². The molecule has 0 fully saturated rings. The number of rotatable bonds is 5. The van der Waals surface area contributed by atoms with E-state index in [2.05, 4.69) is 41.2 Å². The van der Waals surface area contributed by atoms with Gasteiger partial charge in [-0.15, -0.1) is 11.3 Å². The number of pyridine rings is 1. The normalized spacial score (nSPS) is 10.9. The molecule has 0 amide bonds. The molecule has 3 rings (SSSR count). The molecule has 0 bridgehead atoms. The summed E-state index contributed by atoms with van der Waals surface area (Å²) in [7, 11) is 0. The maximum Gasteiger partial charge on any atom is 0.188 e. The van der Waals surface area contributed by atoms with Crippen LogP contribution in [0.1, 0.15) is 11.4 Å². The average molecular weight is 398 g/mol. The molecule has 6 nitrogen and oxygen atoms in total. The van der Waals surface area contributed by atoms with Gasteiger partial charge in [0.2, 0.25) is 0 Å². The Morgan fingerprint density at radius 3 is 2.95 bits per heavy atom. The van der Waals surface area contributed by atoms with E-state index >= 15 is 0 Å². The minimum Gasteiger partial charge on any atom is -0.390 e. The molecule has 0 atom stereocenters. The van der Waals surface area contributed by atoms with Gasteiger partial charge >= 0.3 is 0 Å². The molecule has 3 aromatic rings. The number of anilines is 2. The first-order valence-corrected chi connectivity index (χ1v) is 8.80. The third-order valence-electron chi connectivity index (χ3n) is 2.65. The zero-order chi connectivity index (χ0) is 15.5. The Balaban J connectivity index is 1.86. The third kappa shape index (κ3) is 3.67. The van der Waals surface area contributed by atoms with Crippen molar-refractivity contribution in [3.05, 3.63) is 39.7 Å². The number of aromatic amines is 1. The molecule has 0 saturated heterocycles. The van der Waals surface area contributed by atoms with Crippen molar-refractivity contribution in [3.8, 4) is 0 Å². The Morgan fingerprint density at radius 1 is 1.41 bits per heavy atom. The highest BCUT2D eigenvalue weighted by atomic mass is 79.9. The SMILES string of the molecule is Cc1csc(Nc2ncc(Br)cc2Sc2ncc(CO)[nH]2)n1. The largest absolute Gasteiger partial charge is 0.390 e. The molecule has 0 aliphatic carbocycles. The highest BCUT2D eigenvalue weighted by Crippen LogP contribution is 2.34. The predicted octanol–water partition coefficient (Wildman–Crippen LogP) is 3.72. The van der Waals surface area contributed by atoms with E-state index in [1.165, 1.54) is 23.1 Å². The van der Waals surface area contributed by atoms with E-state index in [9.17, 15) is 0 Å². The number of H-pyrrole nitrogens is 1. The topological polar surface area (TPSA) is 86.7 Å². The molecule has 3 N–H and O–H groups in total. The van der Waals surface area contributed by atoms with Gasteiger partial charge in [-0.05, 0) is 40.7 Å². The highest BCUT2D eigenvalue weighted by Gasteiger charge is 2.11. The summed E-state index contributed by atoms with van der Waals surface area (Å²) in [6.45, 7) is 1.89. The van der Waals surface area contributed by atoms with Crippen LogP contribution in [0.2, 0.25) is 0 Å². The third-order valence-corrected chi connectivity index (χ3v) is 4.89. The van der Waals surface area contributed by atoms with Crippen LogP contribution in [-0.4, -0.2) is 25.0 Å². The maximum absolute atomic E-state index is 9.09. The average Bonchev–Trinajstić information content (AvgIpc) is 3.11. The highest BCUT2D eigenvalue weighted by molar-refractivity contribution is 9.10. The molecule has 0 aromatic carbocycles. The molecule has 114 valence electrons. The van der Waals surface area contributed by atoms with Crippen LogP contribution in [0.4, 0.5) is 10.9 Å². The minimum atomic E-state index is -0.0617. The van der Waals surface area contributed by atoms with Gasteiger partial charge in [0.15, 0.2) is 10.3 Å². The maximum atomic E-state index is 9.09. The van der Waals surface area contributed by atoms with E-state index in [1.54, 1.807) is 12.4 Å². The van der Waals surface area contributed by atoms with Gasteiger partial charge in [-0.25, -0.2) is 15.0 Å². The molecule has 0 unspecified atom stereocenters. The number of aromatic nitrogens is 4. The van der Waals surface area contributed by atoms with Crippen molar-refractivity contribution >= 4 is 50.0 Å². The molecule has 3 heterocycles. The molecule has 0 saturated carbocycles. The second-order valence-electron chi connectivity index (χ2n) is 4.39. The van der Waals surface area contributed by atoms with Crippen molar-refractivity contribution in [2.24, 2.45) is 0 Å². The van der Waals surface area contributed by atoms with Crippen molar-refractivity contribution in [3.63, 3.8) is 0 Å². The van der Waals surface area contributed by atoms with Gasteiger partial charge in [0.25, 0.3) is 0 Å². The number of hydrogen-bond donors (Lipinski definition) is 3. The van der Waals surface area contributed by atoms with Crippen molar-refractivity contribution in [1.82, 2.24) is 19.9 Å².